The van der Waals surface area contributed by atoms with Crippen molar-refractivity contribution in [3.05, 3.63) is 0 Å². The van der Waals surface area contributed by atoms with Gasteiger partial charge in [-0.25, -0.2) is 0 Å². The minimum atomic E-state index is -1.26. The molecular weight excluding hydrogens is 580 g/mol. The van der Waals surface area contributed by atoms with E-state index in [4.69, 9.17) is 28.4 Å². The van der Waals surface area contributed by atoms with E-state index in [9.17, 15) is 28.8 Å². The zero-order valence-electron chi connectivity index (χ0n) is 26.7. The number of amides is 2. The van der Waals surface area contributed by atoms with E-state index in [1.165, 1.54) is 20.3 Å². The Kier molecular flexibility index (Phi) is 19.6. The summed E-state index contributed by atoms with van der Waals surface area (Å²) in [7, 11) is 0. The van der Waals surface area contributed by atoms with Gasteiger partial charge in [0, 0.05) is 47.1 Å². The number of carbonyl (C=O) groups is 6. The second kappa shape index (κ2) is 22.3. The minimum Gasteiger partial charge on any atom is -0.463 e. The summed E-state index contributed by atoms with van der Waals surface area (Å²) in [6, 6.07) is -1.13. The molecule has 0 aliphatic carbocycles. The third kappa shape index (κ3) is 17.1. The second-order valence-corrected chi connectivity index (χ2v) is 10.6. The maximum atomic E-state index is 13.0. The molecule has 1 fully saturated rings. The lowest BCUT2D eigenvalue weighted by Crippen LogP contribution is -2.66. The molecule has 0 saturated carbocycles. The van der Waals surface area contributed by atoms with Gasteiger partial charge in [0.05, 0.1) is 6.61 Å². The van der Waals surface area contributed by atoms with Crippen molar-refractivity contribution in [2.24, 2.45) is 0 Å². The summed E-state index contributed by atoms with van der Waals surface area (Å²) in [6.45, 7) is 6.79. The number of carbonyl (C=O) groups excluding carboxylic acids is 6. The zero-order valence-corrected chi connectivity index (χ0v) is 26.7. The number of ether oxygens (including phenoxy) is 6. The van der Waals surface area contributed by atoms with Crippen LogP contribution in [0.2, 0.25) is 0 Å². The van der Waals surface area contributed by atoms with E-state index in [1.807, 2.05) is 0 Å². The molecule has 0 unspecified atom stereocenters. The van der Waals surface area contributed by atoms with Gasteiger partial charge < -0.3 is 39.1 Å². The topological polar surface area (TPSA) is 182 Å². The van der Waals surface area contributed by atoms with Crippen LogP contribution in [0.1, 0.15) is 98.8 Å². The van der Waals surface area contributed by atoms with Crippen LogP contribution < -0.4 is 10.6 Å². The Morgan fingerprint density at radius 3 is 1.86 bits per heavy atom. The lowest BCUT2D eigenvalue weighted by Gasteiger charge is -2.45. The van der Waals surface area contributed by atoms with E-state index in [-0.39, 0.29) is 32.1 Å². The molecule has 44 heavy (non-hydrogen) atoms. The number of esters is 4. The lowest BCUT2D eigenvalue weighted by molar-refractivity contribution is -0.279. The number of rotatable bonds is 21. The fourth-order valence-corrected chi connectivity index (χ4v) is 4.60. The van der Waals surface area contributed by atoms with Gasteiger partial charge in [0.25, 0.3) is 0 Å². The lowest BCUT2D eigenvalue weighted by atomic mass is 9.95. The standard InChI is InChI=1S/C30H50N2O12/c1-6-7-8-9-11-14-25(37)31-16-13-10-12-15-26(38)32-27-29(43-23(5)36)28(42-22(4)35)24(19-41-21(3)34)44-30(27)40-18-17-39-20(2)33/h24,27-30H,6-19H2,1-5H3,(H,31,37)(H,32,38)/t24-,27-,28-,29-,30+/m1/s1. The highest BCUT2D eigenvalue weighted by Gasteiger charge is 2.51. The molecule has 5 atom stereocenters. The zero-order chi connectivity index (χ0) is 32.9. The largest absolute Gasteiger partial charge is 0.463 e. The third-order valence-electron chi connectivity index (χ3n) is 6.61. The number of nitrogens with one attached hydrogen (secondary N) is 2. The van der Waals surface area contributed by atoms with E-state index in [2.05, 4.69) is 17.6 Å². The van der Waals surface area contributed by atoms with Crippen molar-refractivity contribution in [2.45, 2.75) is 129 Å². The van der Waals surface area contributed by atoms with E-state index in [1.54, 1.807) is 0 Å². The summed E-state index contributed by atoms with van der Waals surface area (Å²) < 4.78 is 32.6. The van der Waals surface area contributed by atoms with Crippen LogP contribution in [0, 0.1) is 0 Å². The fraction of sp³-hybridized carbons (Fsp3) is 0.800. The Morgan fingerprint density at radius 2 is 1.25 bits per heavy atom. The van der Waals surface area contributed by atoms with Crippen molar-refractivity contribution in [1.29, 1.82) is 0 Å². The average molecular weight is 631 g/mol. The molecule has 1 aliphatic heterocycles. The highest BCUT2D eigenvalue weighted by atomic mass is 16.7. The van der Waals surface area contributed by atoms with Gasteiger partial charge in [-0.3, -0.25) is 28.8 Å². The highest BCUT2D eigenvalue weighted by Crippen LogP contribution is 2.28. The van der Waals surface area contributed by atoms with Gasteiger partial charge >= 0.3 is 23.9 Å². The van der Waals surface area contributed by atoms with E-state index in [0.717, 1.165) is 39.5 Å². The molecule has 2 amide bonds. The SMILES string of the molecule is CCCCCCCC(=O)NCCCCCC(=O)N[C@H]1[C@@H](OCCOC(C)=O)O[C@H](COC(C)=O)[C@@H](OC(C)=O)[C@@H]1OC(C)=O. The molecule has 14 nitrogen and oxygen atoms in total. The molecule has 0 aromatic heterocycles. The predicted molar refractivity (Wildman–Crippen MR) is 156 cm³/mol. The molecule has 1 heterocycles. The molecule has 2 N–H and O–H groups in total. The maximum Gasteiger partial charge on any atom is 0.303 e. The second-order valence-electron chi connectivity index (χ2n) is 10.6. The molecule has 252 valence electrons. The van der Waals surface area contributed by atoms with Crippen LogP contribution in [-0.4, -0.2) is 92.7 Å². The Bertz CT molecular complexity index is 928. The van der Waals surface area contributed by atoms with Crippen LogP contribution in [0.25, 0.3) is 0 Å². The molecule has 1 aliphatic rings. The summed E-state index contributed by atoms with van der Waals surface area (Å²) in [6.07, 6.45) is 3.08. The summed E-state index contributed by atoms with van der Waals surface area (Å²) in [5.74, 6) is -2.95. The smallest absolute Gasteiger partial charge is 0.303 e. The normalized spacial score (nSPS) is 21.1. The predicted octanol–water partition coefficient (Wildman–Crippen LogP) is 2.24. The fourth-order valence-electron chi connectivity index (χ4n) is 4.60. The Labute approximate surface area is 259 Å². The van der Waals surface area contributed by atoms with Crippen molar-refractivity contribution in [3.8, 4) is 0 Å². The first kappa shape index (κ1) is 38.8. The third-order valence-corrected chi connectivity index (χ3v) is 6.61. The molecule has 0 aromatic carbocycles. The van der Waals surface area contributed by atoms with Crippen LogP contribution in [0.15, 0.2) is 0 Å². The van der Waals surface area contributed by atoms with Crippen molar-refractivity contribution >= 4 is 35.7 Å². The average Bonchev–Trinajstić information content (AvgIpc) is 2.94. The maximum absolute atomic E-state index is 13.0. The Morgan fingerprint density at radius 1 is 0.659 bits per heavy atom. The van der Waals surface area contributed by atoms with Gasteiger partial charge in [0.1, 0.15) is 25.4 Å². The molecule has 14 heteroatoms. The van der Waals surface area contributed by atoms with Crippen LogP contribution >= 0.6 is 0 Å². The van der Waals surface area contributed by atoms with E-state index >= 15 is 0 Å². The molecule has 0 aromatic rings. The van der Waals surface area contributed by atoms with Gasteiger partial charge in [-0.2, -0.15) is 0 Å². The van der Waals surface area contributed by atoms with Gasteiger partial charge in [0.15, 0.2) is 18.5 Å². The van der Waals surface area contributed by atoms with E-state index < -0.39 is 60.4 Å². The van der Waals surface area contributed by atoms with Crippen LogP contribution in [0.3, 0.4) is 0 Å². The first-order valence-corrected chi connectivity index (χ1v) is 15.4. The summed E-state index contributed by atoms with van der Waals surface area (Å²) in [5, 5.41) is 5.67. The first-order chi connectivity index (χ1) is 20.9. The number of unbranched alkanes of at least 4 members (excludes halogenated alkanes) is 6. The monoisotopic (exact) mass is 630 g/mol. The molecule has 0 bridgehead atoms. The van der Waals surface area contributed by atoms with Crippen LogP contribution in [0.5, 0.6) is 0 Å². The first-order valence-electron chi connectivity index (χ1n) is 15.4. The van der Waals surface area contributed by atoms with Gasteiger partial charge in [-0.15, -0.1) is 0 Å². The van der Waals surface area contributed by atoms with E-state index in [0.29, 0.717) is 32.2 Å². The van der Waals surface area contributed by atoms with Crippen LogP contribution in [-0.2, 0) is 57.2 Å². The van der Waals surface area contributed by atoms with Gasteiger partial charge in [-0.1, -0.05) is 39.0 Å². The van der Waals surface area contributed by atoms with Crippen LogP contribution in [0.4, 0.5) is 0 Å². The molecule has 0 radical (unpaired) electrons. The van der Waals surface area contributed by atoms with Crippen molar-refractivity contribution < 1.29 is 57.2 Å². The molecule has 1 saturated heterocycles. The Balaban J connectivity index is 2.83. The summed E-state index contributed by atoms with van der Waals surface area (Å²) in [5.41, 5.74) is 0. The quantitative estimate of drug-likeness (QED) is 0.107. The number of hydrogen-bond donors (Lipinski definition) is 2. The van der Waals surface area contributed by atoms with Gasteiger partial charge in [0.2, 0.25) is 11.8 Å². The summed E-state index contributed by atoms with van der Waals surface area (Å²) in [4.78, 5) is 71.6. The number of hydrogen-bond acceptors (Lipinski definition) is 12. The molecule has 0 spiro atoms. The molecule has 1 rings (SSSR count). The van der Waals surface area contributed by atoms with Crippen molar-refractivity contribution in [2.75, 3.05) is 26.4 Å². The minimum absolute atomic E-state index is 0.0298. The van der Waals surface area contributed by atoms with Gasteiger partial charge in [-0.05, 0) is 19.3 Å². The summed E-state index contributed by atoms with van der Waals surface area (Å²) >= 11 is 0. The van der Waals surface area contributed by atoms with Crippen molar-refractivity contribution in [3.63, 3.8) is 0 Å². The Hall–Kier alpha value is -3.26. The van der Waals surface area contributed by atoms with Crippen molar-refractivity contribution in [1.82, 2.24) is 10.6 Å². The highest BCUT2D eigenvalue weighted by molar-refractivity contribution is 5.77. The molecular formula is C30H50N2O12.